The van der Waals surface area contributed by atoms with Crippen LogP contribution < -0.4 is 0 Å². The standard InChI is InChI=1S/C9H12N4/c1-9(2,3)13-4-7-8(12-6-13)11-5-10-7/h4-6H,1-3H3. The summed E-state index contributed by atoms with van der Waals surface area (Å²) in [5.41, 5.74) is 0.887. The molecular formula is C9H12N4. The second-order valence-corrected chi connectivity index (χ2v) is 4.03. The number of hydrogen-bond donors (Lipinski definition) is 0. The second-order valence-electron chi connectivity index (χ2n) is 4.03. The van der Waals surface area contributed by atoms with Gasteiger partial charge in [0.15, 0.2) is 5.82 Å². The van der Waals surface area contributed by atoms with Gasteiger partial charge in [0.1, 0.15) is 12.0 Å². The predicted octanol–water partition coefficient (Wildman–Crippen LogP) is 1.53. The van der Waals surface area contributed by atoms with Gasteiger partial charge in [0.2, 0.25) is 0 Å². The third kappa shape index (κ3) is 1.39. The molecule has 13 heavy (non-hydrogen) atoms. The highest BCUT2D eigenvalue weighted by Crippen LogP contribution is 2.18. The third-order valence-corrected chi connectivity index (χ3v) is 1.95. The van der Waals surface area contributed by atoms with E-state index in [1.54, 1.807) is 6.33 Å². The molecule has 0 aliphatic carbocycles. The summed E-state index contributed by atoms with van der Waals surface area (Å²) in [4.78, 5) is 12.3. The van der Waals surface area contributed by atoms with Crippen LogP contribution in [-0.4, -0.2) is 19.5 Å². The van der Waals surface area contributed by atoms with Crippen molar-refractivity contribution >= 4 is 0 Å². The van der Waals surface area contributed by atoms with Crippen LogP contribution in [-0.2, 0) is 5.54 Å². The van der Waals surface area contributed by atoms with Crippen molar-refractivity contribution in [1.29, 1.82) is 0 Å². The van der Waals surface area contributed by atoms with Crippen LogP contribution in [0.15, 0.2) is 18.9 Å². The molecule has 0 spiro atoms. The van der Waals surface area contributed by atoms with Crippen molar-refractivity contribution in [2.24, 2.45) is 0 Å². The molecule has 0 bridgehead atoms. The summed E-state index contributed by atoms with van der Waals surface area (Å²) < 4.78 is 2.03. The Balaban J connectivity index is 2.56. The molecule has 2 aliphatic rings. The summed E-state index contributed by atoms with van der Waals surface area (Å²) in [5.74, 6) is 0.709. The molecule has 4 nitrogen and oxygen atoms in total. The fourth-order valence-electron chi connectivity index (χ4n) is 1.11. The van der Waals surface area contributed by atoms with Crippen LogP contribution in [0.4, 0.5) is 0 Å². The van der Waals surface area contributed by atoms with E-state index in [9.17, 15) is 0 Å². The molecule has 0 atom stereocenters. The lowest BCUT2D eigenvalue weighted by molar-refractivity contribution is 0.389. The van der Waals surface area contributed by atoms with Crippen molar-refractivity contribution in [3.63, 3.8) is 0 Å². The van der Waals surface area contributed by atoms with E-state index in [1.807, 2.05) is 10.8 Å². The first-order valence-corrected chi connectivity index (χ1v) is 4.22. The minimum absolute atomic E-state index is 0.0418. The van der Waals surface area contributed by atoms with E-state index in [0.29, 0.717) is 5.82 Å². The first kappa shape index (κ1) is 8.16. The van der Waals surface area contributed by atoms with Crippen LogP contribution in [0.5, 0.6) is 0 Å². The van der Waals surface area contributed by atoms with Gasteiger partial charge in [0, 0.05) is 11.7 Å². The minimum atomic E-state index is 0.0418. The Labute approximate surface area is 77.0 Å². The number of rotatable bonds is 0. The van der Waals surface area contributed by atoms with Crippen LogP contribution in [0.2, 0.25) is 0 Å². The number of fused-ring (bicyclic) bond motifs is 1. The predicted molar refractivity (Wildman–Crippen MR) is 49.4 cm³/mol. The van der Waals surface area contributed by atoms with E-state index in [0.717, 1.165) is 5.69 Å². The molecule has 2 heterocycles. The topological polar surface area (TPSA) is 43.6 Å². The Morgan fingerprint density at radius 2 is 1.92 bits per heavy atom. The van der Waals surface area contributed by atoms with E-state index in [1.165, 1.54) is 6.33 Å². The summed E-state index contributed by atoms with van der Waals surface area (Å²) in [6.45, 7) is 6.37. The van der Waals surface area contributed by atoms with Crippen molar-refractivity contribution in [2.45, 2.75) is 26.3 Å². The molecule has 0 saturated heterocycles. The zero-order valence-corrected chi connectivity index (χ0v) is 8.02. The fourth-order valence-corrected chi connectivity index (χ4v) is 1.11. The number of imidazole rings is 1. The van der Waals surface area contributed by atoms with Crippen molar-refractivity contribution in [2.75, 3.05) is 0 Å². The van der Waals surface area contributed by atoms with E-state index < -0.39 is 0 Å². The SMILES string of the molecule is CC(C)(C)n1cnc2ncnc-2c1. The molecule has 0 amide bonds. The van der Waals surface area contributed by atoms with Gasteiger partial charge in [-0.2, -0.15) is 0 Å². The molecule has 0 radical (unpaired) electrons. The molecule has 0 aromatic rings. The lowest BCUT2D eigenvalue weighted by Crippen LogP contribution is -2.22. The number of aromatic nitrogens is 4. The van der Waals surface area contributed by atoms with E-state index in [4.69, 9.17) is 0 Å². The average Bonchev–Trinajstić information content (AvgIpc) is 2.47. The van der Waals surface area contributed by atoms with Gasteiger partial charge in [0.25, 0.3) is 0 Å². The van der Waals surface area contributed by atoms with Crippen LogP contribution >= 0.6 is 0 Å². The molecule has 0 N–H and O–H groups in total. The van der Waals surface area contributed by atoms with E-state index in [-0.39, 0.29) is 5.54 Å². The highest BCUT2D eigenvalue weighted by atomic mass is 15.1. The summed E-state index contributed by atoms with van der Waals surface area (Å²) in [7, 11) is 0. The van der Waals surface area contributed by atoms with Gasteiger partial charge in [-0.15, -0.1) is 0 Å². The van der Waals surface area contributed by atoms with Crippen molar-refractivity contribution in [3.8, 4) is 11.5 Å². The van der Waals surface area contributed by atoms with E-state index >= 15 is 0 Å². The second kappa shape index (κ2) is 2.52. The zero-order chi connectivity index (χ0) is 9.47. The molecule has 2 aliphatic heterocycles. The maximum Gasteiger partial charge on any atom is 0.182 e. The van der Waals surface area contributed by atoms with Gasteiger partial charge in [-0.3, -0.25) is 0 Å². The normalized spacial score (nSPS) is 12.2. The molecule has 0 aromatic carbocycles. The smallest absolute Gasteiger partial charge is 0.182 e. The van der Waals surface area contributed by atoms with Gasteiger partial charge in [-0.25, -0.2) is 15.0 Å². The Morgan fingerprint density at radius 1 is 1.15 bits per heavy atom. The Morgan fingerprint density at radius 3 is 2.62 bits per heavy atom. The summed E-state index contributed by atoms with van der Waals surface area (Å²) in [6, 6.07) is 0. The van der Waals surface area contributed by atoms with Gasteiger partial charge >= 0.3 is 0 Å². The molecule has 4 heteroatoms. The Bertz CT molecular complexity index is 385. The van der Waals surface area contributed by atoms with Gasteiger partial charge in [0.05, 0.1) is 6.33 Å². The zero-order valence-electron chi connectivity index (χ0n) is 8.02. The highest BCUT2D eigenvalue weighted by Gasteiger charge is 2.14. The van der Waals surface area contributed by atoms with Crippen LogP contribution in [0.3, 0.4) is 0 Å². The van der Waals surface area contributed by atoms with Gasteiger partial charge in [-0.05, 0) is 20.8 Å². The molecule has 0 unspecified atom stereocenters. The molecule has 0 fully saturated rings. The van der Waals surface area contributed by atoms with E-state index in [2.05, 4.69) is 35.7 Å². The highest BCUT2D eigenvalue weighted by molar-refractivity contribution is 5.47. The molecule has 68 valence electrons. The molecule has 0 aromatic heterocycles. The lowest BCUT2D eigenvalue weighted by atomic mass is 10.1. The first-order chi connectivity index (χ1) is 6.07. The number of hydrogen-bond acceptors (Lipinski definition) is 3. The van der Waals surface area contributed by atoms with Crippen molar-refractivity contribution < 1.29 is 0 Å². The monoisotopic (exact) mass is 176 g/mol. The summed E-state index contributed by atoms with van der Waals surface area (Å²) >= 11 is 0. The quantitative estimate of drug-likeness (QED) is 0.611. The molecular weight excluding hydrogens is 164 g/mol. The average molecular weight is 176 g/mol. The first-order valence-electron chi connectivity index (χ1n) is 4.22. The summed E-state index contributed by atoms with van der Waals surface area (Å²) in [5, 5.41) is 0. The fraction of sp³-hybridized carbons (Fsp3) is 0.444. The van der Waals surface area contributed by atoms with Crippen LogP contribution in [0.1, 0.15) is 20.8 Å². The van der Waals surface area contributed by atoms with Crippen LogP contribution in [0.25, 0.3) is 11.5 Å². The van der Waals surface area contributed by atoms with Gasteiger partial charge < -0.3 is 4.57 Å². The maximum absolute atomic E-state index is 4.20. The maximum atomic E-state index is 4.20. The minimum Gasteiger partial charge on any atom is -0.331 e. The Hall–Kier alpha value is -1.45. The number of nitrogens with zero attached hydrogens (tertiary/aromatic N) is 4. The van der Waals surface area contributed by atoms with Crippen LogP contribution in [0, 0.1) is 0 Å². The van der Waals surface area contributed by atoms with Gasteiger partial charge in [-0.1, -0.05) is 0 Å². The Kier molecular flexibility index (Phi) is 1.58. The van der Waals surface area contributed by atoms with Crippen molar-refractivity contribution in [3.05, 3.63) is 18.9 Å². The largest absolute Gasteiger partial charge is 0.331 e. The lowest BCUT2D eigenvalue weighted by Gasteiger charge is -2.22. The molecule has 0 saturated carbocycles. The molecule has 2 rings (SSSR count). The van der Waals surface area contributed by atoms with Crippen molar-refractivity contribution in [1.82, 2.24) is 19.5 Å². The third-order valence-electron chi connectivity index (χ3n) is 1.95. The summed E-state index contributed by atoms with van der Waals surface area (Å²) in [6.07, 6.45) is 5.29.